The van der Waals surface area contributed by atoms with Crippen LogP contribution < -0.4 is 21.2 Å². The van der Waals surface area contributed by atoms with E-state index in [-0.39, 0.29) is 12.5 Å². The molecule has 0 spiro atoms. The molecule has 7 heteroatoms. The van der Waals surface area contributed by atoms with E-state index in [1.807, 2.05) is 13.8 Å². The van der Waals surface area contributed by atoms with Crippen molar-refractivity contribution < 1.29 is 9.53 Å². The molecule has 0 radical (unpaired) electrons. The van der Waals surface area contributed by atoms with Gasteiger partial charge in [0, 0.05) is 18.9 Å². The second-order valence-electron chi connectivity index (χ2n) is 5.51. The van der Waals surface area contributed by atoms with Crippen molar-refractivity contribution in [1.82, 2.24) is 14.5 Å². The molecule has 25 heavy (non-hydrogen) atoms. The summed E-state index contributed by atoms with van der Waals surface area (Å²) in [6.07, 6.45) is 4.75. The van der Waals surface area contributed by atoms with Crippen LogP contribution in [0.3, 0.4) is 0 Å². The molecule has 2 rings (SSSR count). The SMILES string of the molecule is CCCCNC(=O)Cn1ccn(-c2ccccc2OCC)c(=O)c1=O. The molecule has 1 amide bonds. The monoisotopic (exact) mass is 345 g/mol. The molecule has 0 saturated carbocycles. The van der Waals surface area contributed by atoms with E-state index < -0.39 is 11.1 Å². The van der Waals surface area contributed by atoms with Crippen molar-refractivity contribution in [2.45, 2.75) is 33.2 Å². The highest BCUT2D eigenvalue weighted by atomic mass is 16.5. The number of aromatic nitrogens is 2. The summed E-state index contributed by atoms with van der Waals surface area (Å²) in [7, 11) is 0. The van der Waals surface area contributed by atoms with Gasteiger partial charge in [-0.15, -0.1) is 0 Å². The third-order valence-electron chi connectivity index (χ3n) is 3.65. The zero-order chi connectivity index (χ0) is 18.2. The van der Waals surface area contributed by atoms with E-state index in [0.717, 1.165) is 17.4 Å². The standard InChI is InChI=1S/C18H23N3O4/c1-3-5-10-19-16(22)13-20-11-12-21(18(24)17(20)23)14-8-6-7-9-15(14)25-4-2/h6-9,11-12H,3-5,10,13H2,1-2H3,(H,19,22). The fourth-order valence-corrected chi connectivity index (χ4v) is 2.37. The van der Waals surface area contributed by atoms with E-state index in [1.54, 1.807) is 24.3 Å². The summed E-state index contributed by atoms with van der Waals surface area (Å²) in [5.74, 6) is 0.226. The molecule has 0 bridgehead atoms. The number of carbonyl (C=O) groups excluding carboxylic acids is 1. The fraction of sp³-hybridized carbons (Fsp3) is 0.389. The zero-order valence-corrected chi connectivity index (χ0v) is 14.5. The van der Waals surface area contributed by atoms with Crippen LogP contribution in [0.2, 0.25) is 0 Å². The minimum Gasteiger partial charge on any atom is -0.492 e. The first-order chi connectivity index (χ1) is 12.1. The number of nitrogens with zero attached hydrogens (tertiary/aromatic N) is 2. The molecule has 134 valence electrons. The van der Waals surface area contributed by atoms with E-state index in [1.165, 1.54) is 17.0 Å². The molecule has 1 N–H and O–H groups in total. The van der Waals surface area contributed by atoms with E-state index in [2.05, 4.69) is 5.32 Å². The average Bonchev–Trinajstić information content (AvgIpc) is 2.60. The molecule has 1 heterocycles. The number of para-hydroxylation sites is 2. The Bertz CT molecular complexity index is 839. The molecule has 0 aliphatic carbocycles. The van der Waals surface area contributed by atoms with Gasteiger partial charge in [0.25, 0.3) is 0 Å². The summed E-state index contributed by atoms with van der Waals surface area (Å²) < 4.78 is 7.85. The first-order valence-corrected chi connectivity index (χ1v) is 8.39. The number of hydrogen-bond donors (Lipinski definition) is 1. The summed E-state index contributed by atoms with van der Waals surface area (Å²) in [5.41, 5.74) is -0.985. The smallest absolute Gasteiger partial charge is 0.321 e. The van der Waals surface area contributed by atoms with Crippen LogP contribution in [0.5, 0.6) is 5.75 Å². The Morgan fingerprint density at radius 3 is 2.60 bits per heavy atom. The minimum atomic E-state index is -0.751. The number of amides is 1. The maximum atomic E-state index is 12.4. The number of carbonyl (C=O) groups is 1. The summed E-state index contributed by atoms with van der Waals surface area (Å²) in [6.45, 7) is 4.69. The Kier molecular flexibility index (Phi) is 6.56. The molecular formula is C18H23N3O4. The lowest BCUT2D eigenvalue weighted by Crippen LogP contribution is -2.42. The number of nitrogens with one attached hydrogen (secondary N) is 1. The van der Waals surface area contributed by atoms with Crippen LogP contribution in [0, 0.1) is 0 Å². The van der Waals surface area contributed by atoms with Crippen molar-refractivity contribution in [2.75, 3.05) is 13.2 Å². The van der Waals surface area contributed by atoms with Gasteiger partial charge in [-0.25, -0.2) is 0 Å². The summed E-state index contributed by atoms with van der Waals surface area (Å²) in [5, 5.41) is 2.72. The van der Waals surface area contributed by atoms with Crippen LogP contribution in [0.4, 0.5) is 0 Å². The van der Waals surface area contributed by atoms with Gasteiger partial charge in [0.15, 0.2) is 0 Å². The quantitative estimate of drug-likeness (QED) is 0.578. The van der Waals surface area contributed by atoms with E-state index in [4.69, 9.17) is 4.74 Å². The Morgan fingerprint density at radius 2 is 1.88 bits per heavy atom. The van der Waals surface area contributed by atoms with Gasteiger partial charge in [0.1, 0.15) is 12.3 Å². The highest BCUT2D eigenvalue weighted by Crippen LogP contribution is 2.20. The Balaban J connectivity index is 2.28. The van der Waals surface area contributed by atoms with Crippen LogP contribution in [0.15, 0.2) is 46.2 Å². The Labute approximate surface area is 145 Å². The summed E-state index contributed by atoms with van der Waals surface area (Å²) in [6, 6.07) is 6.99. The molecule has 0 aliphatic rings. The Morgan fingerprint density at radius 1 is 1.12 bits per heavy atom. The first-order valence-electron chi connectivity index (χ1n) is 8.39. The molecule has 0 atom stereocenters. The van der Waals surface area contributed by atoms with Gasteiger partial charge in [0.2, 0.25) is 5.91 Å². The highest BCUT2D eigenvalue weighted by Gasteiger charge is 2.12. The first kappa shape index (κ1) is 18.5. The molecular weight excluding hydrogens is 322 g/mol. The second-order valence-corrected chi connectivity index (χ2v) is 5.51. The lowest BCUT2D eigenvalue weighted by Gasteiger charge is -2.13. The lowest BCUT2D eigenvalue weighted by atomic mass is 10.3. The number of hydrogen-bond acceptors (Lipinski definition) is 4. The van der Waals surface area contributed by atoms with E-state index in [9.17, 15) is 14.4 Å². The molecule has 2 aromatic rings. The molecule has 0 unspecified atom stereocenters. The fourth-order valence-electron chi connectivity index (χ4n) is 2.37. The van der Waals surface area contributed by atoms with Crippen molar-refractivity contribution in [1.29, 1.82) is 0 Å². The van der Waals surface area contributed by atoms with Gasteiger partial charge in [-0.2, -0.15) is 0 Å². The van der Waals surface area contributed by atoms with Crippen LogP contribution in [-0.4, -0.2) is 28.2 Å². The van der Waals surface area contributed by atoms with Gasteiger partial charge in [-0.3, -0.25) is 23.5 Å². The van der Waals surface area contributed by atoms with E-state index in [0.29, 0.717) is 24.6 Å². The van der Waals surface area contributed by atoms with Crippen LogP contribution >= 0.6 is 0 Å². The van der Waals surface area contributed by atoms with Gasteiger partial charge in [-0.1, -0.05) is 25.5 Å². The maximum Gasteiger partial charge on any atom is 0.321 e. The van der Waals surface area contributed by atoms with Crippen molar-refractivity contribution in [2.24, 2.45) is 0 Å². The van der Waals surface area contributed by atoms with Crippen molar-refractivity contribution in [3.63, 3.8) is 0 Å². The second kappa shape index (κ2) is 8.86. The molecule has 7 nitrogen and oxygen atoms in total. The van der Waals surface area contributed by atoms with E-state index >= 15 is 0 Å². The van der Waals surface area contributed by atoms with Gasteiger partial charge in [0.05, 0.1) is 12.3 Å². The molecule has 1 aromatic heterocycles. The molecule has 1 aromatic carbocycles. The normalized spacial score (nSPS) is 10.5. The summed E-state index contributed by atoms with van der Waals surface area (Å²) >= 11 is 0. The Hall–Kier alpha value is -2.83. The molecule has 0 saturated heterocycles. The van der Waals surface area contributed by atoms with Gasteiger partial charge in [-0.05, 0) is 25.5 Å². The van der Waals surface area contributed by atoms with Crippen molar-refractivity contribution >= 4 is 5.91 Å². The van der Waals surface area contributed by atoms with Crippen LogP contribution in [0.1, 0.15) is 26.7 Å². The average molecular weight is 345 g/mol. The number of ether oxygens (including phenoxy) is 1. The number of rotatable bonds is 8. The zero-order valence-electron chi connectivity index (χ0n) is 14.5. The largest absolute Gasteiger partial charge is 0.492 e. The lowest BCUT2D eigenvalue weighted by molar-refractivity contribution is -0.121. The predicted octanol–water partition coefficient (Wildman–Crippen LogP) is 1.31. The topological polar surface area (TPSA) is 82.3 Å². The third kappa shape index (κ3) is 4.59. The molecule has 0 fully saturated rings. The predicted molar refractivity (Wildman–Crippen MR) is 95.4 cm³/mol. The number of unbranched alkanes of at least 4 members (excludes halogenated alkanes) is 1. The minimum absolute atomic E-state index is 0.175. The summed E-state index contributed by atoms with van der Waals surface area (Å²) in [4.78, 5) is 36.6. The maximum absolute atomic E-state index is 12.4. The number of benzene rings is 1. The van der Waals surface area contributed by atoms with Gasteiger partial charge >= 0.3 is 11.1 Å². The van der Waals surface area contributed by atoms with Crippen LogP contribution in [-0.2, 0) is 11.3 Å². The van der Waals surface area contributed by atoms with Crippen molar-refractivity contribution in [3.05, 3.63) is 57.4 Å². The van der Waals surface area contributed by atoms with Crippen LogP contribution in [0.25, 0.3) is 5.69 Å². The van der Waals surface area contributed by atoms with Gasteiger partial charge < -0.3 is 10.1 Å². The highest BCUT2D eigenvalue weighted by molar-refractivity contribution is 5.75. The van der Waals surface area contributed by atoms with Crippen molar-refractivity contribution in [3.8, 4) is 11.4 Å². The molecule has 0 aliphatic heterocycles. The third-order valence-corrected chi connectivity index (χ3v) is 3.65.